The number of urea groups is 1. The lowest BCUT2D eigenvalue weighted by Crippen LogP contribution is -2.53. The van der Waals surface area contributed by atoms with Gasteiger partial charge in [0.05, 0.1) is 6.42 Å². The van der Waals surface area contributed by atoms with Crippen LogP contribution in [0.1, 0.15) is 16.7 Å². The third-order valence-corrected chi connectivity index (χ3v) is 5.11. The number of halogens is 2. The normalized spacial score (nSPS) is 14.1. The Morgan fingerprint density at radius 2 is 1.61 bits per heavy atom. The van der Waals surface area contributed by atoms with Gasteiger partial charge in [0.1, 0.15) is 5.82 Å². The summed E-state index contributed by atoms with van der Waals surface area (Å²) in [7, 11) is 0. The van der Waals surface area contributed by atoms with Gasteiger partial charge in [-0.25, -0.2) is 9.18 Å². The average molecular weight is 404 g/mol. The third kappa shape index (κ3) is 5.23. The monoisotopic (exact) mass is 403 g/mol. The Kier molecular flexibility index (Phi) is 6.52. The number of hydrogen-bond donors (Lipinski definition) is 1. The molecule has 7 heteroatoms. The van der Waals surface area contributed by atoms with Crippen LogP contribution in [0.5, 0.6) is 0 Å². The number of carbonyl (C=O) groups excluding carboxylic acids is 2. The van der Waals surface area contributed by atoms with Gasteiger partial charge in [-0.2, -0.15) is 0 Å². The summed E-state index contributed by atoms with van der Waals surface area (Å²) in [5.74, 6) is -0.210. The Morgan fingerprint density at radius 3 is 2.25 bits per heavy atom. The molecule has 1 fully saturated rings. The van der Waals surface area contributed by atoms with Crippen molar-refractivity contribution in [2.24, 2.45) is 0 Å². The zero-order chi connectivity index (χ0) is 20.1. The van der Waals surface area contributed by atoms with Gasteiger partial charge < -0.3 is 15.1 Å². The second-order valence-electron chi connectivity index (χ2n) is 6.91. The quantitative estimate of drug-likeness (QED) is 0.850. The van der Waals surface area contributed by atoms with Gasteiger partial charge in [0.2, 0.25) is 5.91 Å². The lowest BCUT2D eigenvalue weighted by Gasteiger charge is -2.34. The summed E-state index contributed by atoms with van der Waals surface area (Å²) < 4.78 is 13.3. The van der Waals surface area contributed by atoms with Crippen molar-refractivity contribution < 1.29 is 14.0 Å². The molecule has 0 bridgehead atoms. The van der Waals surface area contributed by atoms with Crippen molar-refractivity contribution in [3.8, 4) is 0 Å². The van der Waals surface area contributed by atoms with Crippen molar-refractivity contribution in [2.75, 3.05) is 26.2 Å². The molecule has 3 rings (SSSR count). The molecule has 5 nitrogen and oxygen atoms in total. The molecule has 0 aliphatic carbocycles. The Hall–Kier alpha value is -2.60. The van der Waals surface area contributed by atoms with Crippen LogP contribution in [-0.4, -0.2) is 47.9 Å². The molecule has 1 aliphatic rings. The molecule has 0 spiro atoms. The third-order valence-electron chi connectivity index (χ3n) is 4.85. The molecule has 1 aliphatic heterocycles. The lowest BCUT2D eigenvalue weighted by atomic mass is 10.1. The summed E-state index contributed by atoms with van der Waals surface area (Å²) in [6.45, 7) is 4.03. The highest BCUT2D eigenvalue weighted by molar-refractivity contribution is 6.30. The SMILES string of the molecule is Cc1cc(CNC(=O)N2CCN(C(=O)Cc3ccc(Cl)cc3)CC2)ccc1F. The number of amides is 3. The first-order chi connectivity index (χ1) is 13.4. The van der Waals surface area contributed by atoms with E-state index in [1.54, 1.807) is 41.0 Å². The van der Waals surface area contributed by atoms with E-state index in [1.807, 2.05) is 12.1 Å². The predicted octanol–water partition coefficient (Wildman–Crippen LogP) is 3.38. The van der Waals surface area contributed by atoms with Gasteiger partial charge >= 0.3 is 6.03 Å². The van der Waals surface area contributed by atoms with Gasteiger partial charge in [-0.3, -0.25) is 4.79 Å². The molecule has 0 saturated carbocycles. The maximum Gasteiger partial charge on any atom is 0.317 e. The molecule has 1 heterocycles. The summed E-state index contributed by atoms with van der Waals surface area (Å²) in [6, 6.07) is 11.9. The van der Waals surface area contributed by atoms with Crippen LogP contribution in [0, 0.1) is 12.7 Å². The number of piperazine rings is 1. The summed E-state index contributed by atoms with van der Waals surface area (Å²) in [5, 5.41) is 3.50. The predicted molar refractivity (Wildman–Crippen MR) is 107 cm³/mol. The Bertz CT molecular complexity index is 849. The van der Waals surface area contributed by atoms with Crippen molar-refractivity contribution in [2.45, 2.75) is 19.9 Å². The molecular weight excluding hydrogens is 381 g/mol. The molecule has 1 saturated heterocycles. The molecule has 28 heavy (non-hydrogen) atoms. The second kappa shape index (κ2) is 9.06. The van der Waals surface area contributed by atoms with Gasteiger partial charge in [0, 0.05) is 37.7 Å². The van der Waals surface area contributed by atoms with Crippen LogP contribution in [0.15, 0.2) is 42.5 Å². The van der Waals surface area contributed by atoms with E-state index < -0.39 is 0 Å². The van der Waals surface area contributed by atoms with E-state index in [4.69, 9.17) is 11.6 Å². The highest BCUT2D eigenvalue weighted by atomic mass is 35.5. The molecule has 0 atom stereocenters. The van der Waals surface area contributed by atoms with E-state index in [2.05, 4.69) is 5.32 Å². The van der Waals surface area contributed by atoms with Crippen molar-refractivity contribution in [3.63, 3.8) is 0 Å². The topological polar surface area (TPSA) is 52.7 Å². The van der Waals surface area contributed by atoms with Crippen LogP contribution in [0.2, 0.25) is 5.02 Å². The fraction of sp³-hybridized carbons (Fsp3) is 0.333. The van der Waals surface area contributed by atoms with E-state index in [0.29, 0.717) is 49.7 Å². The first-order valence-electron chi connectivity index (χ1n) is 9.22. The molecule has 3 amide bonds. The van der Waals surface area contributed by atoms with Crippen molar-refractivity contribution >= 4 is 23.5 Å². The Labute approximate surface area is 169 Å². The minimum absolute atomic E-state index is 0.0455. The van der Waals surface area contributed by atoms with Crippen LogP contribution in [0.3, 0.4) is 0 Å². The molecule has 0 radical (unpaired) electrons. The second-order valence-corrected chi connectivity index (χ2v) is 7.35. The fourth-order valence-corrected chi connectivity index (χ4v) is 3.28. The molecule has 1 N–H and O–H groups in total. The summed E-state index contributed by atoms with van der Waals surface area (Å²) >= 11 is 5.87. The van der Waals surface area contributed by atoms with Crippen molar-refractivity contribution in [3.05, 3.63) is 70.0 Å². The zero-order valence-electron chi connectivity index (χ0n) is 15.8. The molecular formula is C21H23ClFN3O2. The highest BCUT2D eigenvalue weighted by Crippen LogP contribution is 2.12. The van der Waals surface area contributed by atoms with Crippen LogP contribution < -0.4 is 5.32 Å². The van der Waals surface area contributed by atoms with E-state index in [9.17, 15) is 14.0 Å². The number of nitrogens with zero attached hydrogens (tertiary/aromatic N) is 2. The smallest absolute Gasteiger partial charge is 0.317 e. The minimum atomic E-state index is -0.255. The van der Waals surface area contributed by atoms with E-state index in [-0.39, 0.29) is 17.8 Å². The van der Waals surface area contributed by atoms with Crippen LogP contribution in [0.4, 0.5) is 9.18 Å². The number of nitrogens with one attached hydrogen (secondary N) is 1. The number of rotatable bonds is 4. The van der Waals surface area contributed by atoms with Gasteiger partial charge in [0.15, 0.2) is 0 Å². The average Bonchev–Trinajstić information content (AvgIpc) is 2.70. The standard InChI is InChI=1S/C21H23ClFN3O2/c1-15-12-17(4-7-19(15)23)14-24-21(28)26-10-8-25(9-11-26)20(27)13-16-2-5-18(22)6-3-16/h2-7,12H,8-11,13-14H2,1H3,(H,24,28). The maximum absolute atomic E-state index is 13.3. The highest BCUT2D eigenvalue weighted by Gasteiger charge is 2.24. The van der Waals surface area contributed by atoms with E-state index >= 15 is 0 Å². The Morgan fingerprint density at radius 1 is 1.00 bits per heavy atom. The number of benzene rings is 2. The number of hydrogen-bond acceptors (Lipinski definition) is 2. The summed E-state index contributed by atoms with van der Waals surface area (Å²) in [4.78, 5) is 28.3. The zero-order valence-corrected chi connectivity index (χ0v) is 16.5. The van der Waals surface area contributed by atoms with Crippen molar-refractivity contribution in [1.82, 2.24) is 15.1 Å². The first kappa shape index (κ1) is 20.1. The van der Waals surface area contributed by atoms with Gasteiger partial charge in [-0.1, -0.05) is 35.9 Å². The maximum atomic E-state index is 13.3. The minimum Gasteiger partial charge on any atom is -0.339 e. The molecule has 0 aromatic heterocycles. The van der Waals surface area contributed by atoms with Gasteiger partial charge in [-0.15, -0.1) is 0 Å². The van der Waals surface area contributed by atoms with Crippen molar-refractivity contribution in [1.29, 1.82) is 0 Å². The van der Waals surface area contributed by atoms with Gasteiger partial charge in [0.25, 0.3) is 0 Å². The largest absolute Gasteiger partial charge is 0.339 e. The van der Waals surface area contributed by atoms with E-state index in [0.717, 1.165) is 11.1 Å². The number of carbonyl (C=O) groups is 2. The van der Waals surface area contributed by atoms with Crippen LogP contribution in [-0.2, 0) is 17.8 Å². The first-order valence-corrected chi connectivity index (χ1v) is 9.60. The molecule has 0 unspecified atom stereocenters. The lowest BCUT2D eigenvalue weighted by molar-refractivity contribution is -0.131. The molecule has 148 valence electrons. The summed E-state index contributed by atoms with van der Waals surface area (Å²) in [5.41, 5.74) is 2.33. The molecule has 2 aromatic rings. The van der Waals surface area contributed by atoms with Crippen LogP contribution >= 0.6 is 11.6 Å². The van der Waals surface area contributed by atoms with Gasteiger partial charge in [-0.05, 0) is 41.8 Å². The van der Waals surface area contributed by atoms with E-state index in [1.165, 1.54) is 6.07 Å². The van der Waals surface area contributed by atoms with Crippen LogP contribution in [0.25, 0.3) is 0 Å². The fourth-order valence-electron chi connectivity index (χ4n) is 3.15. The number of aryl methyl sites for hydroxylation is 1. The molecule has 2 aromatic carbocycles. The summed E-state index contributed by atoms with van der Waals surface area (Å²) in [6.07, 6.45) is 0.327. The Balaban J connectivity index is 1.44.